The summed E-state index contributed by atoms with van der Waals surface area (Å²) in [7, 11) is 0. The van der Waals surface area contributed by atoms with Gasteiger partial charge >= 0.3 is 5.97 Å². The second-order valence-electron chi connectivity index (χ2n) is 7.55. The number of carbonyl (C=O) groups is 2. The van der Waals surface area contributed by atoms with Crippen LogP contribution in [-0.4, -0.2) is 41.0 Å². The number of likely N-dealkylation sites (tertiary alicyclic amines) is 1. The molecule has 6 heteroatoms. The zero-order chi connectivity index (χ0) is 20.4. The minimum atomic E-state index is -0.228. The number of ether oxygens (including phenoxy) is 1. The van der Waals surface area contributed by atoms with Crippen molar-refractivity contribution < 1.29 is 14.3 Å². The number of fused-ring (bicyclic) bond motifs is 1. The largest absolute Gasteiger partial charge is 0.466 e. The van der Waals surface area contributed by atoms with Crippen molar-refractivity contribution >= 4 is 33.4 Å². The summed E-state index contributed by atoms with van der Waals surface area (Å²) in [4.78, 5) is 27.4. The van der Waals surface area contributed by atoms with Gasteiger partial charge in [0.05, 0.1) is 22.7 Å². The smallest absolute Gasteiger partial charge is 0.310 e. The number of piperidine rings is 1. The standard InChI is InChI=1S/C23H26N2O3S/c1-3-28-23(27)18-9-6-11-24(14-18)22(26)20-13-21-19(10-12-29-21)25(20)15-17-8-5-4-7-16(17)2/h4-5,7-8,10,12-13,18H,3,6,9,11,14-15H2,1-2H3. The number of nitrogens with zero attached hydrogens (tertiary/aromatic N) is 2. The Morgan fingerprint density at radius 1 is 1.24 bits per heavy atom. The Hall–Kier alpha value is -2.60. The first-order valence-electron chi connectivity index (χ1n) is 10.2. The SMILES string of the molecule is CCOC(=O)C1CCCN(C(=O)c2cc3sccc3n2Cc2ccccc2C)C1. The summed E-state index contributed by atoms with van der Waals surface area (Å²) in [5.74, 6) is -0.425. The lowest BCUT2D eigenvalue weighted by molar-refractivity contribution is -0.149. The van der Waals surface area contributed by atoms with Gasteiger partial charge in [0.1, 0.15) is 5.69 Å². The highest BCUT2D eigenvalue weighted by molar-refractivity contribution is 7.17. The van der Waals surface area contributed by atoms with Gasteiger partial charge in [-0.1, -0.05) is 24.3 Å². The molecule has 0 saturated carbocycles. The van der Waals surface area contributed by atoms with Crippen LogP contribution < -0.4 is 0 Å². The average molecular weight is 411 g/mol. The number of aryl methyl sites for hydroxylation is 1. The number of carbonyl (C=O) groups excluding carboxylic acids is 2. The molecule has 29 heavy (non-hydrogen) atoms. The second kappa shape index (κ2) is 8.41. The Bertz CT molecular complexity index is 1040. The predicted octanol–water partition coefficient (Wildman–Crippen LogP) is 4.47. The third-order valence-corrected chi connectivity index (χ3v) is 6.51. The maximum atomic E-state index is 13.4. The fraction of sp³-hybridized carbons (Fsp3) is 0.391. The van der Waals surface area contributed by atoms with E-state index in [2.05, 4.69) is 35.1 Å². The Morgan fingerprint density at radius 2 is 2.07 bits per heavy atom. The monoisotopic (exact) mass is 410 g/mol. The predicted molar refractivity (Wildman–Crippen MR) is 115 cm³/mol. The molecule has 0 radical (unpaired) electrons. The first-order chi connectivity index (χ1) is 14.1. The summed E-state index contributed by atoms with van der Waals surface area (Å²) in [6, 6.07) is 12.3. The van der Waals surface area contributed by atoms with Crippen molar-refractivity contribution in [3.8, 4) is 0 Å². The van der Waals surface area contributed by atoms with E-state index in [0.717, 1.165) is 23.1 Å². The molecule has 1 fully saturated rings. The van der Waals surface area contributed by atoms with Crippen molar-refractivity contribution in [1.82, 2.24) is 9.47 Å². The van der Waals surface area contributed by atoms with Crippen molar-refractivity contribution in [2.24, 2.45) is 5.92 Å². The Morgan fingerprint density at radius 3 is 2.86 bits per heavy atom. The number of aromatic nitrogens is 1. The lowest BCUT2D eigenvalue weighted by Crippen LogP contribution is -2.43. The maximum absolute atomic E-state index is 13.4. The number of rotatable bonds is 5. The number of hydrogen-bond acceptors (Lipinski definition) is 4. The fourth-order valence-corrected chi connectivity index (χ4v) is 4.88. The van der Waals surface area contributed by atoms with Gasteiger partial charge < -0.3 is 14.2 Å². The van der Waals surface area contributed by atoms with Gasteiger partial charge in [0, 0.05) is 19.6 Å². The van der Waals surface area contributed by atoms with Crippen LogP contribution in [-0.2, 0) is 16.1 Å². The number of esters is 1. The van der Waals surface area contributed by atoms with Gasteiger partial charge in [-0.2, -0.15) is 0 Å². The first kappa shape index (κ1) is 19.7. The molecule has 0 bridgehead atoms. The van der Waals surface area contributed by atoms with Crippen LogP contribution >= 0.6 is 11.3 Å². The van der Waals surface area contributed by atoms with E-state index >= 15 is 0 Å². The molecule has 1 amide bonds. The van der Waals surface area contributed by atoms with Crippen LogP contribution in [0.25, 0.3) is 10.2 Å². The van der Waals surface area contributed by atoms with Gasteiger partial charge in [-0.05, 0) is 55.3 Å². The van der Waals surface area contributed by atoms with Crippen molar-refractivity contribution in [2.45, 2.75) is 33.2 Å². The molecule has 5 nitrogen and oxygen atoms in total. The van der Waals surface area contributed by atoms with E-state index in [1.54, 1.807) is 11.3 Å². The summed E-state index contributed by atoms with van der Waals surface area (Å²) in [6.07, 6.45) is 1.60. The summed E-state index contributed by atoms with van der Waals surface area (Å²) in [5, 5.41) is 2.06. The van der Waals surface area contributed by atoms with Gasteiger partial charge in [0.15, 0.2) is 0 Å². The summed E-state index contributed by atoms with van der Waals surface area (Å²) in [5.41, 5.74) is 4.19. The number of benzene rings is 1. The maximum Gasteiger partial charge on any atom is 0.310 e. The van der Waals surface area contributed by atoms with Crippen LogP contribution in [0, 0.1) is 12.8 Å². The fourth-order valence-electron chi connectivity index (χ4n) is 4.06. The lowest BCUT2D eigenvalue weighted by Gasteiger charge is -2.31. The first-order valence-corrected chi connectivity index (χ1v) is 11.0. The second-order valence-corrected chi connectivity index (χ2v) is 8.50. The molecule has 0 aliphatic carbocycles. The van der Waals surface area contributed by atoms with Crippen molar-refractivity contribution in [1.29, 1.82) is 0 Å². The third kappa shape index (κ3) is 3.94. The highest BCUT2D eigenvalue weighted by Gasteiger charge is 2.31. The van der Waals surface area contributed by atoms with Gasteiger partial charge in [0.25, 0.3) is 5.91 Å². The number of thiophene rings is 1. The molecule has 1 aliphatic heterocycles. The van der Waals surface area contributed by atoms with Gasteiger partial charge in [-0.15, -0.1) is 11.3 Å². The molecule has 4 rings (SSSR count). The van der Waals surface area contributed by atoms with E-state index < -0.39 is 0 Å². The zero-order valence-corrected chi connectivity index (χ0v) is 17.7. The lowest BCUT2D eigenvalue weighted by atomic mass is 9.98. The molecule has 3 aromatic rings. The minimum Gasteiger partial charge on any atom is -0.466 e. The van der Waals surface area contributed by atoms with E-state index in [1.165, 1.54) is 11.1 Å². The minimum absolute atomic E-state index is 0.00372. The van der Waals surface area contributed by atoms with Crippen LogP contribution in [0.5, 0.6) is 0 Å². The molecule has 3 heterocycles. The van der Waals surface area contributed by atoms with Crippen molar-refractivity contribution in [2.75, 3.05) is 19.7 Å². The Balaban J connectivity index is 1.63. The highest BCUT2D eigenvalue weighted by atomic mass is 32.1. The van der Waals surface area contributed by atoms with E-state index in [-0.39, 0.29) is 17.8 Å². The third-order valence-electron chi connectivity index (χ3n) is 5.66. The topological polar surface area (TPSA) is 51.5 Å². The highest BCUT2D eigenvalue weighted by Crippen LogP contribution is 2.29. The van der Waals surface area contributed by atoms with E-state index in [4.69, 9.17) is 4.74 Å². The molecular weight excluding hydrogens is 384 g/mol. The number of amides is 1. The molecule has 1 saturated heterocycles. The van der Waals surface area contributed by atoms with Crippen LogP contribution in [0.1, 0.15) is 41.4 Å². The van der Waals surface area contributed by atoms with Gasteiger partial charge in [-0.3, -0.25) is 9.59 Å². The quantitative estimate of drug-likeness (QED) is 0.583. The van der Waals surface area contributed by atoms with Crippen molar-refractivity contribution in [3.05, 3.63) is 58.6 Å². The molecule has 2 aromatic heterocycles. The molecule has 0 spiro atoms. The van der Waals surface area contributed by atoms with Crippen LogP contribution in [0.2, 0.25) is 0 Å². The average Bonchev–Trinajstić information content (AvgIpc) is 3.32. The van der Waals surface area contributed by atoms with Crippen LogP contribution in [0.4, 0.5) is 0 Å². The molecule has 1 unspecified atom stereocenters. The van der Waals surface area contributed by atoms with E-state index in [9.17, 15) is 9.59 Å². The molecule has 1 aromatic carbocycles. The molecule has 152 valence electrons. The molecule has 1 aliphatic rings. The van der Waals surface area contributed by atoms with E-state index in [0.29, 0.717) is 31.9 Å². The van der Waals surface area contributed by atoms with Gasteiger partial charge in [0.2, 0.25) is 0 Å². The Kier molecular flexibility index (Phi) is 5.72. The normalized spacial score (nSPS) is 16.9. The summed E-state index contributed by atoms with van der Waals surface area (Å²) >= 11 is 1.65. The molecule has 1 atom stereocenters. The Labute approximate surface area is 174 Å². The van der Waals surface area contributed by atoms with Gasteiger partial charge in [-0.25, -0.2) is 0 Å². The molecule has 0 N–H and O–H groups in total. The van der Waals surface area contributed by atoms with Crippen molar-refractivity contribution in [3.63, 3.8) is 0 Å². The zero-order valence-electron chi connectivity index (χ0n) is 16.9. The summed E-state index contributed by atoms with van der Waals surface area (Å²) < 4.78 is 8.41. The molecular formula is C23H26N2O3S. The summed E-state index contributed by atoms with van der Waals surface area (Å²) in [6.45, 7) is 6.05. The van der Waals surface area contributed by atoms with Crippen LogP contribution in [0.15, 0.2) is 41.8 Å². The van der Waals surface area contributed by atoms with E-state index in [1.807, 2.05) is 30.0 Å². The number of hydrogen-bond donors (Lipinski definition) is 0. The van der Waals surface area contributed by atoms with Crippen LogP contribution in [0.3, 0.4) is 0 Å².